The maximum Gasteiger partial charge on any atom is 0.0407 e. The summed E-state index contributed by atoms with van der Waals surface area (Å²) in [4.78, 5) is 0. The SMILES string of the molecule is Cc1cc(Nc2ccc(N)c(C)c2)cc(Nc2ccc(N)c(C)c2)c1. The third-order valence-corrected chi connectivity index (χ3v) is 4.19. The molecule has 0 atom stereocenters. The van der Waals surface area contributed by atoms with Gasteiger partial charge in [0.2, 0.25) is 0 Å². The minimum Gasteiger partial charge on any atom is -0.399 e. The molecule has 0 aliphatic rings. The quantitative estimate of drug-likeness (QED) is 0.491. The van der Waals surface area contributed by atoms with Gasteiger partial charge >= 0.3 is 0 Å². The standard InChI is InChI=1S/C21H24N4/c1-13-8-18(24-16-4-6-20(22)14(2)10-16)12-19(9-13)25-17-5-7-21(23)15(3)11-17/h4-12,24-25H,22-23H2,1-3H3. The van der Waals surface area contributed by atoms with Crippen LogP contribution < -0.4 is 22.1 Å². The number of anilines is 6. The molecule has 6 N–H and O–H groups in total. The van der Waals surface area contributed by atoms with Crippen molar-refractivity contribution in [3.63, 3.8) is 0 Å². The van der Waals surface area contributed by atoms with Crippen LogP contribution in [0.4, 0.5) is 34.1 Å². The first kappa shape index (κ1) is 16.7. The van der Waals surface area contributed by atoms with Crippen LogP contribution >= 0.6 is 0 Å². The Morgan fingerprint density at radius 3 is 1.40 bits per heavy atom. The van der Waals surface area contributed by atoms with Crippen LogP contribution in [0, 0.1) is 20.8 Å². The van der Waals surface area contributed by atoms with Gasteiger partial charge in [-0.3, -0.25) is 0 Å². The van der Waals surface area contributed by atoms with Crippen LogP contribution in [0.2, 0.25) is 0 Å². The molecule has 25 heavy (non-hydrogen) atoms. The van der Waals surface area contributed by atoms with Gasteiger partial charge in [0.15, 0.2) is 0 Å². The molecule has 0 radical (unpaired) electrons. The van der Waals surface area contributed by atoms with Gasteiger partial charge < -0.3 is 22.1 Å². The minimum absolute atomic E-state index is 0.802. The van der Waals surface area contributed by atoms with E-state index in [0.717, 1.165) is 45.3 Å². The van der Waals surface area contributed by atoms with E-state index in [1.165, 1.54) is 5.56 Å². The second-order valence-corrected chi connectivity index (χ2v) is 6.48. The third kappa shape index (κ3) is 4.04. The Morgan fingerprint density at radius 1 is 0.560 bits per heavy atom. The fourth-order valence-corrected chi connectivity index (χ4v) is 2.77. The molecule has 3 aromatic carbocycles. The maximum absolute atomic E-state index is 5.89. The van der Waals surface area contributed by atoms with Crippen molar-refractivity contribution in [3.8, 4) is 0 Å². The number of hydrogen-bond donors (Lipinski definition) is 4. The normalized spacial score (nSPS) is 10.5. The number of nitrogen functional groups attached to an aromatic ring is 2. The summed E-state index contributed by atoms with van der Waals surface area (Å²) in [6, 6.07) is 18.2. The van der Waals surface area contributed by atoms with Crippen molar-refractivity contribution in [2.24, 2.45) is 0 Å². The highest BCUT2D eigenvalue weighted by molar-refractivity contribution is 5.71. The predicted molar refractivity (Wildman–Crippen MR) is 109 cm³/mol. The van der Waals surface area contributed by atoms with Gasteiger partial charge in [0.1, 0.15) is 0 Å². The van der Waals surface area contributed by atoms with E-state index in [1.54, 1.807) is 0 Å². The van der Waals surface area contributed by atoms with Crippen molar-refractivity contribution < 1.29 is 0 Å². The largest absolute Gasteiger partial charge is 0.399 e. The van der Waals surface area contributed by atoms with Crippen LogP contribution in [0.15, 0.2) is 54.6 Å². The summed E-state index contributed by atoms with van der Waals surface area (Å²) in [5, 5.41) is 6.89. The Kier molecular flexibility index (Phi) is 4.52. The summed E-state index contributed by atoms with van der Waals surface area (Å²) in [7, 11) is 0. The molecule has 3 aromatic rings. The molecule has 0 bridgehead atoms. The summed E-state index contributed by atoms with van der Waals surface area (Å²) in [5.41, 5.74) is 20.8. The van der Waals surface area contributed by atoms with E-state index in [0.29, 0.717) is 0 Å². The lowest BCUT2D eigenvalue weighted by Crippen LogP contribution is -1.97. The lowest BCUT2D eigenvalue weighted by atomic mass is 10.1. The summed E-state index contributed by atoms with van der Waals surface area (Å²) in [6.45, 7) is 6.10. The molecular formula is C21H24N4. The van der Waals surface area contributed by atoms with Gasteiger partial charge in [-0.05, 0) is 92.1 Å². The second kappa shape index (κ2) is 6.77. The highest BCUT2D eigenvalue weighted by atomic mass is 14.9. The number of rotatable bonds is 4. The number of hydrogen-bond acceptors (Lipinski definition) is 4. The Balaban J connectivity index is 1.84. The van der Waals surface area contributed by atoms with E-state index in [9.17, 15) is 0 Å². The van der Waals surface area contributed by atoms with Crippen molar-refractivity contribution in [1.82, 2.24) is 0 Å². The first-order chi connectivity index (χ1) is 11.9. The molecule has 4 nitrogen and oxygen atoms in total. The summed E-state index contributed by atoms with van der Waals surface area (Å²) < 4.78 is 0. The highest BCUT2D eigenvalue weighted by Crippen LogP contribution is 2.27. The molecular weight excluding hydrogens is 308 g/mol. The predicted octanol–water partition coefficient (Wildman–Crippen LogP) is 5.26. The molecule has 0 aliphatic carbocycles. The lowest BCUT2D eigenvalue weighted by Gasteiger charge is -2.13. The zero-order valence-electron chi connectivity index (χ0n) is 14.9. The molecule has 0 unspecified atom stereocenters. The molecule has 3 rings (SSSR count). The van der Waals surface area contributed by atoms with Crippen molar-refractivity contribution in [2.45, 2.75) is 20.8 Å². The van der Waals surface area contributed by atoms with Gasteiger partial charge in [-0.25, -0.2) is 0 Å². The maximum atomic E-state index is 5.89. The number of benzene rings is 3. The minimum atomic E-state index is 0.802. The summed E-state index contributed by atoms with van der Waals surface area (Å²) in [6.07, 6.45) is 0. The van der Waals surface area contributed by atoms with E-state index < -0.39 is 0 Å². The molecule has 0 heterocycles. The molecule has 0 aromatic heterocycles. The molecule has 0 spiro atoms. The third-order valence-electron chi connectivity index (χ3n) is 4.19. The number of nitrogens with two attached hydrogens (primary N) is 2. The van der Waals surface area contributed by atoms with Gasteiger partial charge in [0.25, 0.3) is 0 Å². The topological polar surface area (TPSA) is 76.1 Å². The van der Waals surface area contributed by atoms with Crippen LogP contribution in [0.25, 0.3) is 0 Å². The first-order valence-electron chi connectivity index (χ1n) is 8.29. The van der Waals surface area contributed by atoms with E-state index >= 15 is 0 Å². The van der Waals surface area contributed by atoms with E-state index in [-0.39, 0.29) is 0 Å². The average Bonchev–Trinajstić information content (AvgIpc) is 2.54. The average molecular weight is 332 g/mol. The molecule has 4 heteroatoms. The fourth-order valence-electron chi connectivity index (χ4n) is 2.77. The monoisotopic (exact) mass is 332 g/mol. The van der Waals surface area contributed by atoms with Crippen molar-refractivity contribution in [2.75, 3.05) is 22.1 Å². The molecule has 0 saturated carbocycles. The van der Waals surface area contributed by atoms with E-state index in [1.807, 2.05) is 50.2 Å². The van der Waals surface area contributed by atoms with Crippen molar-refractivity contribution >= 4 is 34.1 Å². The molecule has 0 aliphatic heterocycles. The van der Waals surface area contributed by atoms with Crippen molar-refractivity contribution in [3.05, 3.63) is 71.3 Å². The molecule has 0 amide bonds. The number of nitrogens with one attached hydrogen (secondary N) is 2. The van der Waals surface area contributed by atoms with Crippen LogP contribution in [0.3, 0.4) is 0 Å². The Bertz CT molecular complexity index is 844. The number of aryl methyl sites for hydroxylation is 3. The zero-order chi connectivity index (χ0) is 18.0. The molecule has 0 fully saturated rings. The Morgan fingerprint density at radius 2 is 1.00 bits per heavy atom. The van der Waals surface area contributed by atoms with Gasteiger partial charge in [0.05, 0.1) is 0 Å². The fraction of sp³-hybridized carbons (Fsp3) is 0.143. The van der Waals surface area contributed by atoms with Gasteiger partial charge in [-0.1, -0.05) is 0 Å². The van der Waals surface area contributed by atoms with Crippen molar-refractivity contribution in [1.29, 1.82) is 0 Å². The Labute approximate surface area is 148 Å². The summed E-state index contributed by atoms with van der Waals surface area (Å²) in [5.74, 6) is 0. The van der Waals surface area contributed by atoms with Crippen LogP contribution in [0.5, 0.6) is 0 Å². The summed E-state index contributed by atoms with van der Waals surface area (Å²) >= 11 is 0. The van der Waals surface area contributed by atoms with E-state index in [4.69, 9.17) is 11.5 Å². The van der Waals surface area contributed by atoms with Crippen LogP contribution in [-0.2, 0) is 0 Å². The van der Waals surface area contributed by atoms with Crippen LogP contribution in [-0.4, -0.2) is 0 Å². The molecule has 128 valence electrons. The van der Waals surface area contributed by atoms with Gasteiger partial charge in [-0.2, -0.15) is 0 Å². The Hall–Kier alpha value is -3.14. The lowest BCUT2D eigenvalue weighted by molar-refractivity contribution is 1.41. The smallest absolute Gasteiger partial charge is 0.0407 e. The molecule has 0 saturated heterocycles. The van der Waals surface area contributed by atoms with Gasteiger partial charge in [-0.15, -0.1) is 0 Å². The van der Waals surface area contributed by atoms with Gasteiger partial charge in [0, 0.05) is 34.1 Å². The van der Waals surface area contributed by atoms with E-state index in [2.05, 4.69) is 35.8 Å². The zero-order valence-corrected chi connectivity index (χ0v) is 14.9. The van der Waals surface area contributed by atoms with Crippen LogP contribution in [0.1, 0.15) is 16.7 Å². The first-order valence-corrected chi connectivity index (χ1v) is 8.29. The second-order valence-electron chi connectivity index (χ2n) is 6.48. The highest BCUT2D eigenvalue weighted by Gasteiger charge is 2.03.